The molecule has 0 bridgehead atoms. The van der Waals surface area contributed by atoms with Crippen molar-refractivity contribution >= 4 is 0 Å². The highest BCUT2D eigenvalue weighted by atomic mass is 15.0. The zero-order valence-corrected chi connectivity index (χ0v) is 11.1. The van der Waals surface area contributed by atoms with E-state index < -0.39 is 0 Å². The Morgan fingerprint density at radius 1 is 1.06 bits per heavy atom. The molecule has 0 amide bonds. The van der Waals surface area contributed by atoms with Gasteiger partial charge in [0.25, 0.3) is 0 Å². The normalized spacial score (nSPS) is 17.6. The predicted octanol–water partition coefficient (Wildman–Crippen LogP) is 2.29. The predicted molar refractivity (Wildman–Crippen MR) is 73.1 cm³/mol. The van der Waals surface area contributed by atoms with Crippen LogP contribution in [-0.2, 0) is 13.0 Å². The standard InChI is InChI=1S/C15H24N2/c1-17(2)12-15-5-3-13(4-6-15)11-14-7-9-16-10-8-14/h3-6,14,16H,7-12H2,1-2H3. The van der Waals surface area contributed by atoms with E-state index in [2.05, 4.69) is 48.6 Å². The number of piperidine rings is 1. The second-order valence-corrected chi connectivity index (χ2v) is 5.45. The zero-order chi connectivity index (χ0) is 12.1. The molecule has 1 aliphatic rings. The smallest absolute Gasteiger partial charge is 0.0227 e. The topological polar surface area (TPSA) is 15.3 Å². The van der Waals surface area contributed by atoms with Crippen molar-refractivity contribution in [2.45, 2.75) is 25.8 Å². The molecule has 0 atom stereocenters. The van der Waals surface area contributed by atoms with Crippen LogP contribution in [0.4, 0.5) is 0 Å². The van der Waals surface area contributed by atoms with E-state index >= 15 is 0 Å². The monoisotopic (exact) mass is 232 g/mol. The molecular weight excluding hydrogens is 208 g/mol. The van der Waals surface area contributed by atoms with Gasteiger partial charge in [-0.25, -0.2) is 0 Å². The lowest BCUT2D eigenvalue weighted by molar-refractivity contribution is 0.372. The summed E-state index contributed by atoms with van der Waals surface area (Å²) in [6, 6.07) is 9.16. The van der Waals surface area contributed by atoms with Crippen molar-refractivity contribution in [3.05, 3.63) is 35.4 Å². The summed E-state index contributed by atoms with van der Waals surface area (Å²) >= 11 is 0. The SMILES string of the molecule is CN(C)Cc1ccc(CC2CCNCC2)cc1. The van der Waals surface area contributed by atoms with Gasteiger partial charge in [-0.05, 0) is 63.5 Å². The van der Waals surface area contributed by atoms with Gasteiger partial charge in [0.2, 0.25) is 0 Å². The Kier molecular flexibility index (Phi) is 4.57. The minimum absolute atomic E-state index is 0.885. The maximum Gasteiger partial charge on any atom is 0.0227 e. The Morgan fingerprint density at radius 2 is 1.65 bits per heavy atom. The van der Waals surface area contributed by atoms with Crippen molar-refractivity contribution in [1.29, 1.82) is 0 Å². The van der Waals surface area contributed by atoms with Gasteiger partial charge in [-0.1, -0.05) is 24.3 Å². The van der Waals surface area contributed by atoms with Crippen molar-refractivity contribution in [1.82, 2.24) is 10.2 Å². The van der Waals surface area contributed by atoms with Crippen molar-refractivity contribution in [3.8, 4) is 0 Å². The largest absolute Gasteiger partial charge is 0.317 e. The third-order valence-corrected chi connectivity index (χ3v) is 3.50. The molecule has 0 radical (unpaired) electrons. The first kappa shape index (κ1) is 12.6. The Hall–Kier alpha value is -0.860. The number of hydrogen-bond acceptors (Lipinski definition) is 2. The Morgan fingerprint density at radius 3 is 2.24 bits per heavy atom. The van der Waals surface area contributed by atoms with Gasteiger partial charge in [-0.2, -0.15) is 0 Å². The van der Waals surface area contributed by atoms with E-state index in [4.69, 9.17) is 0 Å². The van der Waals surface area contributed by atoms with Crippen LogP contribution in [0.5, 0.6) is 0 Å². The van der Waals surface area contributed by atoms with Crippen LogP contribution < -0.4 is 5.32 Å². The van der Waals surface area contributed by atoms with Crippen LogP contribution in [0.15, 0.2) is 24.3 Å². The van der Waals surface area contributed by atoms with Gasteiger partial charge < -0.3 is 10.2 Å². The minimum atomic E-state index is 0.885. The maximum absolute atomic E-state index is 3.43. The molecule has 1 fully saturated rings. The van der Waals surface area contributed by atoms with E-state index in [1.165, 1.54) is 43.5 Å². The first-order chi connectivity index (χ1) is 8.24. The molecule has 1 aliphatic heterocycles. The van der Waals surface area contributed by atoms with E-state index in [0.29, 0.717) is 0 Å². The van der Waals surface area contributed by atoms with Crippen LogP contribution in [0.3, 0.4) is 0 Å². The fraction of sp³-hybridized carbons (Fsp3) is 0.600. The number of benzene rings is 1. The van der Waals surface area contributed by atoms with Crippen LogP contribution in [0.1, 0.15) is 24.0 Å². The maximum atomic E-state index is 3.43. The van der Waals surface area contributed by atoms with E-state index in [9.17, 15) is 0 Å². The quantitative estimate of drug-likeness (QED) is 0.857. The van der Waals surface area contributed by atoms with Gasteiger partial charge in [0.15, 0.2) is 0 Å². The average molecular weight is 232 g/mol. The third kappa shape index (κ3) is 4.14. The first-order valence-electron chi connectivity index (χ1n) is 6.67. The molecular formula is C15H24N2. The Balaban J connectivity index is 1.88. The minimum Gasteiger partial charge on any atom is -0.317 e. The summed E-state index contributed by atoms with van der Waals surface area (Å²) in [5, 5.41) is 3.43. The van der Waals surface area contributed by atoms with E-state index in [1.54, 1.807) is 0 Å². The molecule has 0 unspecified atom stereocenters. The second-order valence-electron chi connectivity index (χ2n) is 5.45. The first-order valence-corrected chi connectivity index (χ1v) is 6.67. The lowest BCUT2D eigenvalue weighted by Crippen LogP contribution is -2.28. The highest BCUT2D eigenvalue weighted by Crippen LogP contribution is 2.18. The fourth-order valence-electron chi connectivity index (χ4n) is 2.57. The van der Waals surface area contributed by atoms with Crippen LogP contribution in [-0.4, -0.2) is 32.1 Å². The van der Waals surface area contributed by atoms with Gasteiger partial charge in [0.1, 0.15) is 0 Å². The molecule has 0 spiro atoms. The van der Waals surface area contributed by atoms with Crippen LogP contribution in [0, 0.1) is 5.92 Å². The molecule has 1 aromatic rings. The third-order valence-electron chi connectivity index (χ3n) is 3.50. The van der Waals surface area contributed by atoms with Gasteiger partial charge in [-0.3, -0.25) is 0 Å². The average Bonchev–Trinajstić information content (AvgIpc) is 2.32. The summed E-state index contributed by atoms with van der Waals surface area (Å²) in [5.74, 6) is 0.885. The van der Waals surface area contributed by atoms with Crippen LogP contribution >= 0.6 is 0 Å². The van der Waals surface area contributed by atoms with Crippen LogP contribution in [0.25, 0.3) is 0 Å². The van der Waals surface area contributed by atoms with E-state index in [1.807, 2.05) is 0 Å². The summed E-state index contributed by atoms with van der Waals surface area (Å²) < 4.78 is 0. The van der Waals surface area contributed by atoms with Crippen LogP contribution in [0.2, 0.25) is 0 Å². The molecule has 1 N–H and O–H groups in total. The number of nitrogens with zero attached hydrogens (tertiary/aromatic N) is 1. The molecule has 94 valence electrons. The fourth-order valence-corrected chi connectivity index (χ4v) is 2.57. The molecule has 1 saturated heterocycles. The van der Waals surface area contributed by atoms with Crippen molar-refractivity contribution < 1.29 is 0 Å². The molecule has 2 nitrogen and oxygen atoms in total. The van der Waals surface area contributed by atoms with Crippen molar-refractivity contribution in [2.24, 2.45) is 5.92 Å². The summed E-state index contributed by atoms with van der Waals surface area (Å²) in [5.41, 5.74) is 2.91. The summed E-state index contributed by atoms with van der Waals surface area (Å²) in [6.07, 6.45) is 3.92. The molecule has 0 saturated carbocycles. The van der Waals surface area contributed by atoms with Gasteiger partial charge in [0.05, 0.1) is 0 Å². The molecule has 0 aromatic heterocycles. The van der Waals surface area contributed by atoms with Gasteiger partial charge in [0, 0.05) is 6.54 Å². The van der Waals surface area contributed by atoms with Gasteiger partial charge in [-0.15, -0.1) is 0 Å². The summed E-state index contributed by atoms with van der Waals surface area (Å²) in [6.45, 7) is 3.43. The number of nitrogens with one attached hydrogen (secondary N) is 1. The lowest BCUT2D eigenvalue weighted by Gasteiger charge is -2.22. The van der Waals surface area contributed by atoms with Crippen molar-refractivity contribution in [2.75, 3.05) is 27.2 Å². The molecule has 0 aliphatic carbocycles. The number of rotatable bonds is 4. The molecule has 1 aromatic carbocycles. The highest BCUT2D eigenvalue weighted by Gasteiger charge is 2.13. The summed E-state index contributed by atoms with van der Waals surface area (Å²) in [7, 11) is 4.23. The molecule has 2 heteroatoms. The number of hydrogen-bond donors (Lipinski definition) is 1. The van der Waals surface area contributed by atoms with Crippen molar-refractivity contribution in [3.63, 3.8) is 0 Å². The Labute approximate surface area is 105 Å². The molecule has 17 heavy (non-hydrogen) atoms. The second kappa shape index (κ2) is 6.18. The van der Waals surface area contributed by atoms with E-state index in [-0.39, 0.29) is 0 Å². The lowest BCUT2D eigenvalue weighted by atomic mass is 9.91. The summed E-state index contributed by atoms with van der Waals surface area (Å²) in [4.78, 5) is 2.21. The molecule has 1 heterocycles. The van der Waals surface area contributed by atoms with E-state index in [0.717, 1.165) is 12.5 Å². The molecule has 2 rings (SSSR count). The van der Waals surface area contributed by atoms with Gasteiger partial charge >= 0.3 is 0 Å². The Bertz CT molecular complexity index is 323. The highest BCUT2D eigenvalue weighted by molar-refractivity contribution is 5.23. The zero-order valence-electron chi connectivity index (χ0n) is 11.1.